The quantitative estimate of drug-likeness (QED) is 0.523. The summed E-state index contributed by atoms with van der Waals surface area (Å²) in [7, 11) is 0. The van der Waals surface area contributed by atoms with Crippen molar-refractivity contribution in [3.63, 3.8) is 0 Å². The molecule has 0 amide bonds. The van der Waals surface area contributed by atoms with Crippen LogP contribution in [0.25, 0.3) is 0 Å². The first-order valence-corrected chi connectivity index (χ1v) is 4.87. The van der Waals surface area contributed by atoms with Crippen molar-refractivity contribution in [2.45, 2.75) is 6.10 Å². The number of hydrogen-bond donors (Lipinski definition) is 3. The van der Waals surface area contributed by atoms with E-state index >= 15 is 0 Å². The first kappa shape index (κ1) is 10.8. The molecule has 0 aliphatic carbocycles. The van der Waals surface area contributed by atoms with Crippen LogP contribution < -0.4 is 16.1 Å². The Balaban J connectivity index is 2.23. The minimum absolute atomic E-state index is 0.113. The third-order valence-corrected chi connectivity index (χ3v) is 2.34. The molecule has 2 heterocycles. The molecule has 3 N–H and O–H groups in total. The van der Waals surface area contributed by atoms with Crippen molar-refractivity contribution in [3.05, 3.63) is 20.8 Å². The molecule has 1 atom stereocenters. The van der Waals surface area contributed by atoms with Gasteiger partial charge in [-0.15, -0.1) is 5.10 Å². The van der Waals surface area contributed by atoms with Crippen LogP contribution in [0.3, 0.4) is 0 Å². The number of aromatic nitrogens is 3. The molecule has 0 spiro atoms. The van der Waals surface area contributed by atoms with E-state index in [9.17, 15) is 9.59 Å². The van der Waals surface area contributed by atoms with E-state index in [1.807, 2.05) is 0 Å². The fourth-order valence-corrected chi connectivity index (χ4v) is 1.58. The lowest BCUT2D eigenvalue weighted by molar-refractivity contribution is 0.00324. The third kappa shape index (κ3) is 2.12. The second-order valence-corrected chi connectivity index (χ2v) is 3.45. The van der Waals surface area contributed by atoms with Crippen LogP contribution in [0.5, 0.6) is 0 Å². The third-order valence-electron chi connectivity index (χ3n) is 2.34. The van der Waals surface area contributed by atoms with Crippen molar-refractivity contribution in [2.24, 2.45) is 0 Å². The highest BCUT2D eigenvalue weighted by Crippen LogP contribution is 2.09. The van der Waals surface area contributed by atoms with Gasteiger partial charge in [-0.1, -0.05) is 0 Å². The summed E-state index contributed by atoms with van der Waals surface area (Å²) in [6, 6.07) is 0. The van der Waals surface area contributed by atoms with Crippen molar-refractivity contribution in [2.75, 3.05) is 31.2 Å². The Morgan fingerprint density at radius 3 is 3.06 bits per heavy atom. The molecule has 8 nitrogen and oxygen atoms in total. The molecule has 1 aromatic heterocycles. The van der Waals surface area contributed by atoms with E-state index < -0.39 is 11.2 Å². The van der Waals surface area contributed by atoms with Gasteiger partial charge in [0.1, 0.15) is 0 Å². The van der Waals surface area contributed by atoms with Crippen molar-refractivity contribution < 1.29 is 9.84 Å². The fourth-order valence-electron chi connectivity index (χ4n) is 1.58. The minimum Gasteiger partial charge on any atom is -0.394 e. The summed E-state index contributed by atoms with van der Waals surface area (Å²) in [5.74, 6) is 0.140. The number of morpholine rings is 1. The zero-order chi connectivity index (χ0) is 11.5. The van der Waals surface area contributed by atoms with Gasteiger partial charge in [0.25, 0.3) is 5.56 Å². The summed E-state index contributed by atoms with van der Waals surface area (Å²) in [5, 5.41) is 14.8. The zero-order valence-corrected chi connectivity index (χ0v) is 8.47. The maximum Gasteiger partial charge on any atom is 0.342 e. The number of hydrogen-bond acceptors (Lipinski definition) is 6. The van der Waals surface area contributed by atoms with Crippen molar-refractivity contribution >= 4 is 5.82 Å². The highest BCUT2D eigenvalue weighted by molar-refractivity contribution is 5.34. The van der Waals surface area contributed by atoms with Gasteiger partial charge >= 0.3 is 5.69 Å². The maximum absolute atomic E-state index is 11.5. The molecule has 8 heteroatoms. The number of aromatic amines is 2. The van der Waals surface area contributed by atoms with Gasteiger partial charge in [0.05, 0.1) is 19.3 Å². The Morgan fingerprint density at radius 1 is 1.56 bits per heavy atom. The molecule has 16 heavy (non-hydrogen) atoms. The minimum atomic E-state index is -0.638. The van der Waals surface area contributed by atoms with Gasteiger partial charge in [-0.25, -0.2) is 9.89 Å². The van der Waals surface area contributed by atoms with Crippen LogP contribution in [0.15, 0.2) is 9.59 Å². The van der Waals surface area contributed by atoms with Crippen LogP contribution in [-0.4, -0.2) is 52.7 Å². The molecular formula is C8H12N4O4. The number of anilines is 1. The van der Waals surface area contributed by atoms with E-state index in [1.165, 1.54) is 0 Å². The van der Waals surface area contributed by atoms with Gasteiger partial charge in [-0.3, -0.25) is 9.78 Å². The molecule has 1 unspecified atom stereocenters. The highest BCUT2D eigenvalue weighted by Gasteiger charge is 2.22. The smallest absolute Gasteiger partial charge is 0.342 e. The maximum atomic E-state index is 11.5. The SMILES string of the molecule is O=c1[nH]nc(N2CCOC(CO)C2)c(=O)[nH]1. The van der Waals surface area contributed by atoms with E-state index in [0.29, 0.717) is 19.7 Å². The molecule has 0 saturated carbocycles. The van der Waals surface area contributed by atoms with Gasteiger partial charge in [0, 0.05) is 13.1 Å². The second kappa shape index (κ2) is 4.45. The summed E-state index contributed by atoms with van der Waals surface area (Å²) in [6.45, 7) is 1.17. The molecular weight excluding hydrogens is 216 g/mol. The Bertz CT molecular complexity index is 468. The van der Waals surface area contributed by atoms with Crippen LogP contribution in [-0.2, 0) is 4.74 Å². The van der Waals surface area contributed by atoms with E-state index in [0.717, 1.165) is 0 Å². The van der Waals surface area contributed by atoms with Crippen molar-refractivity contribution in [1.29, 1.82) is 0 Å². The molecule has 1 aliphatic rings. The number of aliphatic hydroxyl groups excluding tert-OH is 1. The molecule has 88 valence electrons. The number of H-pyrrole nitrogens is 2. The van der Waals surface area contributed by atoms with Crippen molar-refractivity contribution in [1.82, 2.24) is 15.2 Å². The lowest BCUT2D eigenvalue weighted by Gasteiger charge is -2.31. The molecule has 0 aromatic carbocycles. The number of aliphatic hydroxyl groups is 1. The molecule has 1 fully saturated rings. The topological polar surface area (TPSA) is 111 Å². The fraction of sp³-hybridized carbons (Fsp3) is 0.625. The predicted molar refractivity (Wildman–Crippen MR) is 54.5 cm³/mol. The van der Waals surface area contributed by atoms with E-state index in [2.05, 4.69) is 15.2 Å². The Hall–Kier alpha value is -1.67. The number of nitrogens with one attached hydrogen (secondary N) is 2. The first-order valence-electron chi connectivity index (χ1n) is 4.87. The summed E-state index contributed by atoms with van der Waals surface area (Å²) in [6.07, 6.45) is -0.332. The Kier molecular flexibility index (Phi) is 3.02. The monoisotopic (exact) mass is 228 g/mol. The molecule has 1 aliphatic heterocycles. The Labute approximate surface area is 89.9 Å². The molecule has 1 saturated heterocycles. The lowest BCUT2D eigenvalue weighted by atomic mass is 10.3. The average Bonchev–Trinajstić information content (AvgIpc) is 2.29. The van der Waals surface area contributed by atoms with E-state index in [4.69, 9.17) is 9.84 Å². The largest absolute Gasteiger partial charge is 0.394 e. The zero-order valence-electron chi connectivity index (χ0n) is 8.47. The number of rotatable bonds is 2. The highest BCUT2D eigenvalue weighted by atomic mass is 16.5. The predicted octanol–water partition coefficient (Wildman–Crippen LogP) is -2.34. The van der Waals surface area contributed by atoms with Crippen LogP contribution in [0.2, 0.25) is 0 Å². The van der Waals surface area contributed by atoms with E-state index in [-0.39, 0.29) is 18.5 Å². The second-order valence-electron chi connectivity index (χ2n) is 3.45. The van der Waals surface area contributed by atoms with Gasteiger partial charge in [-0.2, -0.15) is 0 Å². The van der Waals surface area contributed by atoms with Gasteiger partial charge in [0.15, 0.2) is 0 Å². The molecule has 0 radical (unpaired) electrons. The number of nitrogens with zero attached hydrogens (tertiary/aromatic N) is 2. The van der Waals surface area contributed by atoms with Crippen LogP contribution in [0.1, 0.15) is 0 Å². The summed E-state index contributed by atoms with van der Waals surface area (Å²) < 4.78 is 5.24. The van der Waals surface area contributed by atoms with E-state index in [1.54, 1.807) is 4.90 Å². The van der Waals surface area contributed by atoms with Gasteiger partial charge in [-0.05, 0) is 0 Å². The average molecular weight is 228 g/mol. The first-order chi connectivity index (χ1) is 7.70. The summed E-state index contributed by atoms with van der Waals surface area (Å²) >= 11 is 0. The Morgan fingerprint density at radius 2 is 2.38 bits per heavy atom. The normalized spacial score (nSPS) is 21.1. The van der Waals surface area contributed by atoms with Gasteiger partial charge < -0.3 is 14.7 Å². The number of ether oxygens (including phenoxy) is 1. The van der Waals surface area contributed by atoms with Crippen LogP contribution >= 0.6 is 0 Å². The van der Waals surface area contributed by atoms with Crippen molar-refractivity contribution in [3.8, 4) is 0 Å². The van der Waals surface area contributed by atoms with Crippen LogP contribution in [0.4, 0.5) is 5.82 Å². The molecule has 0 bridgehead atoms. The summed E-state index contributed by atoms with van der Waals surface area (Å²) in [4.78, 5) is 26.0. The van der Waals surface area contributed by atoms with Crippen LogP contribution in [0, 0.1) is 0 Å². The molecule has 2 rings (SSSR count). The lowest BCUT2D eigenvalue weighted by Crippen LogP contribution is -2.47. The standard InChI is InChI=1S/C8H12N4O4/c13-4-5-3-12(1-2-16-5)6-7(14)9-8(15)11-10-6/h5,13H,1-4H2,(H2,9,11,14,15). The molecule has 1 aromatic rings. The van der Waals surface area contributed by atoms with Gasteiger partial charge in [0.2, 0.25) is 5.82 Å². The summed E-state index contributed by atoms with van der Waals surface area (Å²) in [5.41, 5.74) is -1.18.